The zero-order valence-electron chi connectivity index (χ0n) is 12.5. The highest BCUT2D eigenvalue weighted by Crippen LogP contribution is 2.12. The topological polar surface area (TPSA) is 72.8 Å². The molecule has 6 heteroatoms. The number of methoxy groups -OCH3 is 1. The average Bonchev–Trinajstić information content (AvgIpc) is 3.01. The minimum atomic E-state index is -0.518. The Morgan fingerprint density at radius 3 is 3.24 bits per heavy atom. The van der Waals surface area contributed by atoms with Crippen LogP contribution in [0.4, 0.5) is 0 Å². The summed E-state index contributed by atoms with van der Waals surface area (Å²) < 4.78 is 16.0. The first kappa shape index (κ1) is 16.2. The van der Waals surface area contributed by atoms with E-state index in [1.54, 1.807) is 13.3 Å². The molecule has 0 aliphatic carbocycles. The monoisotopic (exact) mass is 296 g/mol. The highest BCUT2D eigenvalue weighted by molar-refractivity contribution is 5.20. The van der Waals surface area contributed by atoms with Crippen LogP contribution >= 0.6 is 0 Å². The predicted octanol–water partition coefficient (Wildman–Crippen LogP) is 0.736. The lowest BCUT2D eigenvalue weighted by Crippen LogP contribution is -2.31. The van der Waals surface area contributed by atoms with Crippen LogP contribution < -0.4 is 10.1 Å². The Bertz CT molecular complexity index is 410. The maximum atomic E-state index is 9.84. The molecule has 1 aliphatic heterocycles. The van der Waals surface area contributed by atoms with E-state index in [0.717, 1.165) is 25.0 Å². The van der Waals surface area contributed by atoms with Gasteiger partial charge in [0.2, 0.25) is 5.88 Å². The van der Waals surface area contributed by atoms with Crippen molar-refractivity contribution in [1.29, 1.82) is 0 Å². The third-order valence-corrected chi connectivity index (χ3v) is 3.36. The first-order valence-electron chi connectivity index (χ1n) is 7.35. The maximum Gasteiger partial charge on any atom is 0.213 e. The number of hydrogen-bond acceptors (Lipinski definition) is 6. The fraction of sp³-hybridized carbons (Fsp3) is 0.667. The van der Waals surface area contributed by atoms with Gasteiger partial charge in [-0.25, -0.2) is 4.98 Å². The Morgan fingerprint density at radius 1 is 1.57 bits per heavy atom. The number of aliphatic hydroxyl groups is 1. The molecule has 0 radical (unpaired) electrons. The molecule has 6 nitrogen and oxygen atoms in total. The lowest BCUT2D eigenvalue weighted by Gasteiger charge is -2.14. The van der Waals surface area contributed by atoms with Crippen molar-refractivity contribution < 1.29 is 19.3 Å². The summed E-state index contributed by atoms with van der Waals surface area (Å²) in [6.45, 7) is 2.86. The van der Waals surface area contributed by atoms with E-state index in [1.165, 1.54) is 0 Å². The quantitative estimate of drug-likeness (QED) is 0.700. The van der Waals surface area contributed by atoms with Crippen molar-refractivity contribution in [3.63, 3.8) is 0 Å². The third-order valence-electron chi connectivity index (χ3n) is 3.36. The van der Waals surface area contributed by atoms with E-state index in [-0.39, 0.29) is 6.10 Å². The molecular weight excluding hydrogens is 272 g/mol. The number of aromatic nitrogens is 1. The van der Waals surface area contributed by atoms with Crippen molar-refractivity contribution in [3.8, 4) is 5.88 Å². The lowest BCUT2D eigenvalue weighted by molar-refractivity contribution is -0.0164. The second-order valence-electron chi connectivity index (χ2n) is 5.16. The van der Waals surface area contributed by atoms with E-state index < -0.39 is 6.10 Å². The van der Waals surface area contributed by atoms with Gasteiger partial charge in [-0.15, -0.1) is 0 Å². The van der Waals surface area contributed by atoms with Crippen LogP contribution in [0.1, 0.15) is 18.4 Å². The van der Waals surface area contributed by atoms with Crippen molar-refractivity contribution >= 4 is 0 Å². The molecule has 2 rings (SSSR count). The van der Waals surface area contributed by atoms with Crippen LogP contribution in [-0.4, -0.2) is 55.8 Å². The van der Waals surface area contributed by atoms with Gasteiger partial charge >= 0.3 is 0 Å². The Balaban J connectivity index is 1.56. The van der Waals surface area contributed by atoms with Gasteiger partial charge in [0.15, 0.2) is 0 Å². The van der Waals surface area contributed by atoms with E-state index in [0.29, 0.717) is 32.2 Å². The van der Waals surface area contributed by atoms with E-state index in [4.69, 9.17) is 14.2 Å². The van der Waals surface area contributed by atoms with Gasteiger partial charge in [-0.3, -0.25) is 0 Å². The summed E-state index contributed by atoms with van der Waals surface area (Å²) in [4.78, 5) is 4.05. The van der Waals surface area contributed by atoms with Gasteiger partial charge in [-0.05, 0) is 24.5 Å². The van der Waals surface area contributed by atoms with Gasteiger partial charge in [0.25, 0.3) is 0 Å². The van der Waals surface area contributed by atoms with Crippen molar-refractivity contribution in [1.82, 2.24) is 10.3 Å². The molecule has 2 heterocycles. The Morgan fingerprint density at radius 2 is 2.48 bits per heavy atom. The molecule has 1 saturated heterocycles. The number of ether oxygens (including phenoxy) is 3. The van der Waals surface area contributed by atoms with Crippen LogP contribution in [0.3, 0.4) is 0 Å². The number of nitrogens with zero attached hydrogens (tertiary/aromatic N) is 1. The predicted molar refractivity (Wildman–Crippen MR) is 78.3 cm³/mol. The maximum absolute atomic E-state index is 9.84. The van der Waals surface area contributed by atoms with Gasteiger partial charge in [-0.1, -0.05) is 0 Å². The zero-order chi connectivity index (χ0) is 14.9. The summed E-state index contributed by atoms with van der Waals surface area (Å²) >= 11 is 0. The molecule has 118 valence electrons. The van der Waals surface area contributed by atoms with Crippen LogP contribution in [0, 0.1) is 0 Å². The van der Waals surface area contributed by atoms with Crippen LogP contribution in [0.2, 0.25) is 0 Å². The lowest BCUT2D eigenvalue weighted by atomic mass is 10.2. The second kappa shape index (κ2) is 8.94. The van der Waals surface area contributed by atoms with Gasteiger partial charge in [0.1, 0.15) is 0 Å². The summed E-state index contributed by atoms with van der Waals surface area (Å²) in [5.41, 5.74) is 1.06. The van der Waals surface area contributed by atoms with E-state index in [9.17, 15) is 5.11 Å². The van der Waals surface area contributed by atoms with Crippen LogP contribution in [0.25, 0.3) is 0 Å². The fourth-order valence-corrected chi connectivity index (χ4v) is 2.23. The largest absolute Gasteiger partial charge is 0.481 e. The average molecular weight is 296 g/mol. The number of nitrogens with one attached hydrogen (secondary N) is 1. The number of pyridine rings is 1. The molecule has 0 spiro atoms. The molecule has 1 fully saturated rings. The van der Waals surface area contributed by atoms with Gasteiger partial charge < -0.3 is 24.6 Å². The van der Waals surface area contributed by atoms with Crippen molar-refractivity contribution in [2.45, 2.75) is 31.6 Å². The van der Waals surface area contributed by atoms with E-state index in [1.807, 2.05) is 12.1 Å². The molecule has 1 aliphatic rings. The normalized spacial score (nSPS) is 19.6. The fourth-order valence-electron chi connectivity index (χ4n) is 2.23. The Kier molecular flexibility index (Phi) is 6.88. The second-order valence-corrected chi connectivity index (χ2v) is 5.16. The molecule has 2 unspecified atom stereocenters. The highest BCUT2D eigenvalue weighted by Gasteiger charge is 2.16. The minimum absolute atomic E-state index is 0.203. The Hall–Kier alpha value is -1.21. The molecule has 0 saturated carbocycles. The zero-order valence-corrected chi connectivity index (χ0v) is 12.5. The molecule has 1 aromatic rings. The summed E-state index contributed by atoms with van der Waals surface area (Å²) in [5.74, 6) is 0.592. The molecule has 2 N–H and O–H groups in total. The van der Waals surface area contributed by atoms with E-state index >= 15 is 0 Å². The van der Waals surface area contributed by atoms with Crippen LogP contribution in [-0.2, 0) is 16.0 Å². The minimum Gasteiger partial charge on any atom is -0.481 e. The molecule has 0 aromatic carbocycles. The standard InChI is InChI=1S/C15H24N2O4/c1-19-15-7-12(4-5-17-15)8-16-9-13(18)10-20-11-14-3-2-6-21-14/h4-5,7,13-14,16,18H,2-3,6,8-11H2,1H3. The molecule has 21 heavy (non-hydrogen) atoms. The van der Waals surface area contributed by atoms with Gasteiger partial charge in [0, 0.05) is 32.0 Å². The van der Waals surface area contributed by atoms with E-state index in [2.05, 4.69) is 10.3 Å². The third kappa shape index (κ3) is 5.97. The summed E-state index contributed by atoms with van der Waals surface area (Å²) in [6.07, 6.45) is 3.55. The van der Waals surface area contributed by atoms with Crippen LogP contribution in [0.5, 0.6) is 5.88 Å². The number of aliphatic hydroxyl groups excluding tert-OH is 1. The summed E-state index contributed by atoms with van der Waals surface area (Å²) in [7, 11) is 1.59. The number of hydrogen-bond donors (Lipinski definition) is 2. The van der Waals surface area contributed by atoms with Crippen molar-refractivity contribution in [2.24, 2.45) is 0 Å². The number of rotatable bonds is 9. The molecule has 0 bridgehead atoms. The molecular formula is C15H24N2O4. The molecule has 2 atom stereocenters. The van der Waals surface area contributed by atoms with Gasteiger partial charge in [-0.2, -0.15) is 0 Å². The van der Waals surface area contributed by atoms with Gasteiger partial charge in [0.05, 0.1) is 32.5 Å². The first-order valence-corrected chi connectivity index (χ1v) is 7.35. The Labute approximate surface area is 125 Å². The highest BCUT2D eigenvalue weighted by atomic mass is 16.5. The smallest absolute Gasteiger partial charge is 0.213 e. The molecule has 1 aromatic heterocycles. The van der Waals surface area contributed by atoms with Crippen molar-refractivity contribution in [2.75, 3.05) is 33.5 Å². The first-order chi connectivity index (χ1) is 10.3. The van der Waals surface area contributed by atoms with Crippen LogP contribution in [0.15, 0.2) is 18.3 Å². The van der Waals surface area contributed by atoms with Crippen molar-refractivity contribution in [3.05, 3.63) is 23.9 Å². The molecule has 0 amide bonds. The summed E-state index contributed by atoms with van der Waals surface area (Å²) in [5, 5.41) is 13.0. The SMILES string of the molecule is COc1cc(CNCC(O)COCC2CCCO2)ccn1. The summed E-state index contributed by atoms with van der Waals surface area (Å²) in [6, 6.07) is 3.78.